The normalized spacial score (nSPS) is 1.50. The zero-order valence-electron chi connectivity index (χ0n) is 2.13. The van der Waals surface area contributed by atoms with Gasteiger partial charge in [0.2, 0.25) is 0 Å². The maximum Gasteiger partial charge on any atom is 1.00 e. The van der Waals surface area contributed by atoms with Crippen molar-refractivity contribution in [1.82, 2.24) is 0 Å². The molecule has 0 aliphatic heterocycles. The summed E-state index contributed by atoms with van der Waals surface area (Å²) in [6.45, 7) is 0. The molecule has 0 unspecified atom stereocenters. The molecule has 4 heavy (non-hydrogen) atoms. The minimum atomic E-state index is 0. The molecule has 0 heterocycles. The molecule has 0 aromatic heterocycles. The molecular formula is Br3K. The molecule has 22 valence electrons. The van der Waals surface area contributed by atoms with Gasteiger partial charge in [0.15, 0.2) is 0 Å². The molecule has 0 rings (SSSR count). The van der Waals surface area contributed by atoms with E-state index in [0.29, 0.717) is 0 Å². The zero-order valence-corrected chi connectivity index (χ0v) is 10.0. The summed E-state index contributed by atoms with van der Waals surface area (Å²) in [4.78, 5) is 0. The van der Waals surface area contributed by atoms with Crippen LogP contribution in [0.2, 0.25) is 0 Å². The molecule has 0 aromatic rings. The summed E-state index contributed by atoms with van der Waals surface area (Å²) in [7, 11) is 0. The van der Waals surface area contributed by atoms with Gasteiger partial charge in [-0.3, -0.25) is 0 Å². The summed E-state index contributed by atoms with van der Waals surface area (Å²) >= 11 is 5.50. The first kappa shape index (κ1) is 15.7. The predicted molar refractivity (Wildman–Crippen MR) is 17.9 cm³/mol. The standard InChI is InChI=1S/Br2.BrH.K/c1-2;;/h;1H;/q;;+1/p-1. The summed E-state index contributed by atoms with van der Waals surface area (Å²) in [6, 6.07) is 0. The van der Waals surface area contributed by atoms with Crippen LogP contribution in [0.25, 0.3) is 0 Å². The van der Waals surface area contributed by atoms with Gasteiger partial charge >= 0.3 is 51.4 Å². The molecule has 0 aliphatic rings. The van der Waals surface area contributed by atoms with Crippen LogP contribution in [0.15, 0.2) is 0 Å². The summed E-state index contributed by atoms with van der Waals surface area (Å²) < 4.78 is 0. The van der Waals surface area contributed by atoms with Gasteiger partial charge in [0.25, 0.3) is 0 Å². The van der Waals surface area contributed by atoms with E-state index in [-0.39, 0.29) is 68.4 Å². The third-order valence-electron chi connectivity index (χ3n) is 0. The monoisotopic (exact) mass is 276 g/mol. The van der Waals surface area contributed by atoms with Crippen molar-refractivity contribution >= 4 is 28.3 Å². The molecule has 0 saturated heterocycles. The van der Waals surface area contributed by atoms with Gasteiger partial charge in [-0.05, 0) is 0 Å². The largest absolute Gasteiger partial charge is 1.00 e. The molecule has 0 amide bonds. The van der Waals surface area contributed by atoms with Gasteiger partial charge in [0.1, 0.15) is 0 Å². The van der Waals surface area contributed by atoms with Crippen molar-refractivity contribution in [2.75, 3.05) is 0 Å². The third kappa shape index (κ3) is 8.91. The van der Waals surface area contributed by atoms with E-state index in [4.69, 9.17) is 0 Å². The Bertz CT molecular complexity index is 3.25. The first-order valence-electron chi connectivity index (χ1n) is 0.143. The van der Waals surface area contributed by atoms with Gasteiger partial charge in [-0.1, -0.05) is 0 Å². The van der Waals surface area contributed by atoms with Crippen LogP contribution >= 0.6 is 28.3 Å². The molecule has 0 atom stereocenters. The van der Waals surface area contributed by atoms with Gasteiger partial charge < -0.3 is 17.0 Å². The van der Waals surface area contributed by atoms with Crippen molar-refractivity contribution in [3.8, 4) is 0 Å². The summed E-state index contributed by atoms with van der Waals surface area (Å²) in [5.41, 5.74) is 0. The molecule has 0 bridgehead atoms. The predicted octanol–water partition coefficient (Wildman–Crippen LogP) is -4.30. The second kappa shape index (κ2) is 16.5. The van der Waals surface area contributed by atoms with E-state index in [2.05, 4.69) is 28.3 Å². The fourth-order valence-electron chi connectivity index (χ4n) is 0. The van der Waals surface area contributed by atoms with Crippen molar-refractivity contribution in [2.24, 2.45) is 0 Å². The van der Waals surface area contributed by atoms with E-state index < -0.39 is 0 Å². The Morgan fingerprint density at radius 3 is 1.00 bits per heavy atom. The summed E-state index contributed by atoms with van der Waals surface area (Å²) in [5.74, 6) is 0. The summed E-state index contributed by atoms with van der Waals surface area (Å²) in [5, 5.41) is 0. The van der Waals surface area contributed by atoms with E-state index >= 15 is 0 Å². The van der Waals surface area contributed by atoms with E-state index in [1.54, 1.807) is 0 Å². The van der Waals surface area contributed by atoms with E-state index in [1.807, 2.05) is 0 Å². The third-order valence-corrected chi connectivity index (χ3v) is 0. The Labute approximate surface area is 94.1 Å². The Morgan fingerprint density at radius 2 is 1.00 bits per heavy atom. The molecule has 0 saturated carbocycles. The fourth-order valence-corrected chi connectivity index (χ4v) is 0. The Kier molecular flexibility index (Phi) is 65.0. The molecule has 0 aliphatic carbocycles. The Balaban J connectivity index is -0.00000000500. The number of hydrogen-bond acceptors (Lipinski definition) is 0. The number of hydrogen-bond donors (Lipinski definition) is 0. The molecule has 0 aromatic carbocycles. The van der Waals surface area contributed by atoms with Gasteiger partial charge in [-0.2, -0.15) is 0 Å². The molecule has 0 radical (unpaired) electrons. The Morgan fingerprint density at radius 1 is 1.00 bits per heavy atom. The number of rotatable bonds is 0. The van der Waals surface area contributed by atoms with Crippen molar-refractivity contribution in [3.05, 3.63) is 0 Å². The first-order valence-corrected chi connectivity index (χ1v) is 3.86. The smallest absolute Gasteiger partial charge is 1.00 e. The minimum Gasteiger partial charge on any atom is -1.00 e. The summed E-state index contributed by atoms with van der Waals surface area (Å²) in [6.07, 6.45) is 0. The van der Waals surface area contributed by atoms with Gasteiger partial charge in [-0.25, -0.2) is 0 Å². The fraction of sp³-hybridized carbons (Fsp3) is 0. The second-order valence-corrected chi connectivity index (χ2v) is 0. The zero-order chi connectivity index (χ0) is 2.00. The molecule has 0 N–H and O–H groups in total. The van der Waals surface area contributed by atoms with Crippen LogP contribution in [0.3, 0.4) is 0 Å². The van der Waals surface area contributed by atoms with Crippen LogP contribution in [0, 0.1) is 0 Å². The van der Waals surface area contributed by atoms with Gasteiger partial charge in [0, 0.05) is 28.3 Å². The molecule has 0 spiro atoms. The quantitative estimate of drug-likeness (QED) is 0.394. The first-order chi connectivity index (χ1) is 1.00. The Hall–Kier alpha value is 3.08. The van der Waals surface area contributed by atoms with Crippen molar-refractivity contribution < 1.29 is 68.4 Å². The maximum atomic E-state index is 2.75. The van der Waals surface area contributed by atoms with E-state index in [9.17, 15) is 0 Å². The van der Waals surface area contributed by atoms with Crippen LogP contribution in [0.1, 0.15) is 0 Å². The van der Waals surface area contributed by atoms with Gasteiger partial charge in [0.05, 0.1) is 0 Å². The van der Waals surface area contributed by atoms with Crippen LogP contribution in [-0.4, -0.2) is 0 Å². The maximum absolute atomic E-state index is 2.75. The van der Waals surface area contributed by atoms with E-state index in [0.717, 1.165) is 0 Å². The topological polar surface area (TPSA) is 0 Å². The van der Waals surface area contributed by atoms with E-state index in [1.165, 1.54) is 0 Å². The van der Waals surface area contributed by atoms with Crippen LogP contribution < -0.4 is 68.4 Å². The molecule has 4 heteroatoms. The van der Waals surface area contributed by atoms with Gasteiger partial charge in [-0.15, -0.1) is 0 Å². The van der Waals surface area contributed by atoms with Crippen molar-refractivity contribution in [3.63, 3.8) is 0 Å². The minimum absolute atomic E-state index is 0. The number of halogens is 3. The molecule has 0 nitrogen and oxygen atoms in total. The molecule has 0 fully saturated rings. The molecular weight excluding hydrogens is 279 g/mol. The van der Waals surface area contributed by atoms with Crippen LogP contribution in [0.4, 0.5) is 0 Å². The second-order valence-electron chi connectivity index (χ2n) is 0. The average molecular weight is 279 g/mol. The van der Waals surface area contributed by atoms with Crippen molar-refractivity contribution in [1.29, 1.82) is 0 Å². The van der Waals surface area contributed by atoms with Crippen LogP contribution in [0.5, 0.6) is 0 Å². The average Bonchev–Trinajstić information content (AvgIpc) is 1.00. The van der Waals surface area contributed by atoms with Crippen molar-refractivity contribution in [2.45, 2.75) is 0 Å². The SMILES string of the molecule is BrBr.[Br-].[K+]. The van der Waals surface area contributed by atoms with Crippen LogP contribution in [-0.2, 0) is 0 Å².